The molecule has 1 heterocycles. The fourth-order valence-electron chi connectivity index (χ4n) is 1.80. The molecule has 4 atom stereocenters. The fraction of sp³-hybridized carbons (Fsp3) is 1.00. The van der Waals surface area contributed by atoms with Crippen LogP contribution in [0.4, 0.5) is 0 Å². The lowest BCUT2D eigenvalue weighted by molar-refractivity contribution is -0.0413. The standard InChI is InChI=1S/C7H13NO2/c1-9-6-4-3-5(4)8-7(6)10-2/h4-8H,3H2,1-2H3. The number of nitrogens with one attached hydrogen (secondary N) is 1. The van der Waals surface area contributed by atoms with Crippen LogP contribution in [0.1, 0.15) is 6.42 Å². The van der Waals surface area contributed by atoms with Crippen molar-refractivity contribution in [2.24, 2.45) is 5.92 Å². The Kier molecular flexibility index (Phi) is 1.44. The summed E-state index contributed by atoms with van der Waals surface area (Å²) in [5, 5.41) is 3.33. The minimum Gasteiger partial charge on any atom is -0.377 e. The van der Waals surface area contributed by atoms with Crippen molar-refractivity contribution in [1.29, 1.82) is 0 Å². The van der Waals surface area contributed by atoms with Crippen LogP contribution in [0.5, 0.6) is 0 Å². The molecule has 10 heavy (non-hydrogen) atoms. The van der Waals surface area contributed by atoms with Crippen LogP contribution in [0.3, 0.4) is 0 Å². The highest BCUT2D eigenvalue weighted by Gasteiger charge is 2.54. The summed E-state index contributed by atoms with van der Waals surface area (Å²) in [6, 6.07) is 0.676. The molecule has 0 amide bonds. The highest BCUT2D eigenvalue weighted by molar-refractivity contribution is 5.07. The molecule has 1 saturated carbocycles. The van der Waals surface area contributed by atoms with E-state index in [4.69, 9.17) is 9.47 Å². The summed E-state index contributed by atoms with van der Waals surface area (Å²) in [4.78, 5) is 0. The van der Waals surface area contributed by atoms with E-state index < -0.39 is 0 Å². The average Bonchev–Trinajstić information content (AvgIpc) is 2.63. The topological polar surface area (TPSA) is 30.5 Å². The van der Waals surface area contributed by atoms with Gasteiger partial charge in [0.1, 0.15) is 12.3 Å². The summed E-state index contributed by atoms with van der Waals surface area (Å²) in [6.45, 7) is 0. The van der Waals surface area contributed by atoms with Gasteiger partial charge in [-0.2, -0.15) is 0 Å². The Morgan fingerprint density at radius 2 is 2.10 bits per heavy atom. The minimum absolute atomic E-state index is 0.133. The maximum absolute atomic E-state index is 5.28. The fourth-order valence-corrected chi connectivity index (χ4v) is 1.80. The van der Waals surface area contributed by atoms with Gasteiger partial charge in [0.05, 0.1) is 0 Å². The van der Waals surface area contributed by atoms with Gasteiger partial charge in [-0.15, -0.1) is 0 Å². The molecule has 1 saturated heterocycles. The molecule has 4 unspecified atom stereocenters. The summed E-state index contributed by atoms with van der Waals surface area (Å²) in [5.74, 6) is 0.718. The molecule has 2 fully saturated rings. The Morgan fingerprint density at radius 3 is 2.60 bits per heavy atom. The average molecular weight is 143 g/mol. The molecule has 1 aliphatic heterocycles. The van der Waals surface area contributed by atoms with Crippen molar-refractivity contribution in [3.8, 4) is 0 Å². The minimum atomic E-state index is 0.133. The zero-order chi connectivity index (χ0) is 7.14. The Hall–Kier alpha value is -0.120. The van der Waals surface area contributed by atoms with E-state index in [9.17, 15) is 0 Å². The van der Waals surface area contributed by atoms with E-state index >= 15 is 0 Å². The summed E-state index contributed by atoms with van der Waals surface area (Å²) in [6.07, 6.45) is 1.68. The molecular formula is C7H13NO2. The Bertz CT molecular complexity index is 140. The summed E-state index contributed by atoms with van der Waals surface area (Å²) >= 11 is 0. The number of hydrogen-bond donors (Lipinski definition) is 1. The second kappa shape index (κ2) is 2.19. The molecule has 1 N–H and O–H groups in total. The molecule has 0 radical (unpaired) electrons. The molecule has 2 rings (SSSR count). The first kappa shape index (κ1) is 6.58. The second-order valence-corrected chi connectivity index (χ2v) is 3.03. The monoisotopic (exact) mass is 143 g/mol. The second-order valence-electron chi connectivity index (χ2n) is 3.03. The largest absolute Gasteiger partial charge is 0.377 e. The van der Waals surface area contributed by atoms with Crippen molar-refractivity contribution < 1.29 is 9.47 Å². The SMILES string of the molecule is COC1NC2CC2C1OC. The quantitative estimate of drug-likeness (QED) is 0.588. The first-order chi connectivity index (χ1) is 4.86. The molecule has 58 valence electrons. The van der Waals surface area contributed by atoms with Crippen LogP contribution in [0.25, 0.3) is 0 Å². The van der Waals surface area contributed by atoms with Crippen LogP contribution in [0, 0.1) is 5.92 Å². The molecule has 0 aromatic rings. The molecule has 0 aromatic heterocycles. The highest BCUT2D eigenvalue weighted by atomic mass is 16.5. The van der Waals surface area contributed by atoms with Crippen LogP contribution in [0.15, 0.2) is 0 Å². The first-order valence-electron chi connectivity index (χ1n) is 3.68. The predicted octanol–water partition coefficient (Wildman–Crippen LogP) is -0.0344. The maximum atomic E-state index is 5.28. The molecule has 0 bridgehead atoms. The Labute approximate surface area is 60.7 Å². The number of methoxy groups -OCH3 is 2. The van der Waals surface area contributed by atoms with Gasteiger partial charge in [-0.3, -0.25) is 5.32 Å². The van der Waals surface area contributed by atoms with Crippen LogP contribution in [0.2, 0.25) is 0 Å². The van der Waals surface area contributed by atoms with E-state index in [1.54, 1.807) is 14.2 Å². The smallest absolute Gasteiger partial charge is 0.134 e. The van der Waals surface area contributed by atoms with Crippen molar-refractivity contribution in [3.05, 3.63) is 0 Å². The van der Waals surface area contributed by atoms with E-state index in [0.717, 1.165) is 5.92 Å². The number of rotatable bonds is 2. The molecule has 0 spiro atoms. The van der Waals surface area contributed by atoms with Gasteiger partial charge >= 0.3 is 0 Å². The van der Waals surface area contributed by atoms with Gasteiger partial charge in [-0.25, -0.2) is 0 Å². The zero-order valence-electron chi connectivity index (χ0n) is 6.33. The molecule has 1 aliphatic carbocycles. The van der Waals surface area contributed by atoms with Crippen molar-refractivity contribution in [1.82, 2.24) is 5.32 Å². The third-order valence-corrected chi connectivity index (χ3v) is 2.46. The van der Waals surface area contributed by atoms with E-state index in [1.165, 1.54) is 6.42 Å². The van der Waals surface area contributed by atoms with E-state index in [0.29, 0.717) is 6.04 Å². The van der Waals surface area contributed by atoms with Gasteiger partial charge in [0.2, 0.25) is 0 Å². The molecule has 3 heteroatoms. The van der Waals surface area contributed by atoms with Gasteiger partial charge in [0.25, 0.3) is 0 Å². The Balaban J connectivity index is 1.98. The molecular weight excluding hydrogens is 130 g/mol. The van der Waals surface area contributed by atoms with Crippen molar-refractivity contribution in [2.75, 3.05) is 14.2 Å². The van der Waals surface area contributed by atoms with Crippen LogP contribution in [-0.2, 0) is 9.47 Å². The lowest BCUT2D eigenvalue weighted by Crippen LogP contribution is -2.37. The molecule has 2 aliphatic rings. The third kappa shape index (κ3) is 0.779. The van der Waals surface area contributed by atoms with Crippen LogP contribution in [-0.4, -0.2) is 32.6 Å². The van der Waals surface area contributed by atoms with Crippen molar-refractivity contribution in [3.63, 3.8) is 0 Å². The maximum Gasteiger partial charge on any atom is 0.134 e. The number of fused-ring (bicyclic) bond motifs is 1. The van der Waals surface area contributed by atoms with Crippen LogP contribution < -0.4 is 5.32 Å². The van der Waals surface area contributed by atoms with Crippen molar-refractivity contribution >= 4 is 0 Å². The van der Waals surface area contributed by atoms with Gasteiger partial charge in [0.15, 0.2) is 0 Å². The molecule has 0 aromatic carbocycles. The van der Waals surface area contributed by atoms with Gasteiger partial charge in [-0.05, 0) is 6.42 Å². The first-order valence-corrected chi connectivity index (χ1v) is 3.68. The van der Waals surface area contributed by atoms with Gasteiger partial charge < -0.3 is 9.47 Å². The summed E-state index contributed by atoms with van der Waals surface area (Å²) in [5.41, 5.74) is 0. The summed E-state index contributed by atoms with van der Waals surface area (Å²) < 4.78 is 10.5. The summed E-state index contributed by atoms with van der Waals surface area (Å²) in [7, 11) is 3.47. The Morgan fingerprint density at radius 1 is 1.30 bits per heavy atom. The number of hydrogen-bond acceptors (Lipinski definition) is 3. The van der Waals surface area contributed by atoms with E-state index in [-0.39, 0.29) is 12.3 Å². The lowest BCUT2D eigenvalue weighted by atomic mass is 10.2. The van der Waals surface area contributed by atoms with Crippen LogP contribution >= 0.6 is 0 Å². The van der Waals surface area contributed by atoms with Gasteiger partial charge in [-0.1, -0.05) is 0 Å². The lowest BCUT2D eigenvalue weighted by Gasteiger charge is -2.19. The van der Waals surface area contributed by atoms with Crippen molar-refractivity contribution in [2.45, 2.75) is 24.8 Å². The predicted molar refractivity (Wildman–Crippen MR) is 36.6 cm³/mol. The molecule has 3 nitrogen and oxygen atoms in total. The number of ether oxygens (including phenoxy) is 2. The van der Waals surface area contributed by atoms with E-state index in [1.807, 2.05) is 0 Å². The van der Waals surface area contributed by atoms with E-state index in [2.05, 4.69) is 5.32 Å². The number of piperidine rings is 1. The normalized spacial score (nSPS) is 51.0. The highest BCUT2D eigenvalue weighted by Crippen LogP contribution is 2.42. The third-order valence-electron chi connectivity index (χ3n) is 2.46. The zero-order valence-corrected chi connectivity index (χ0v) is 6.33. The van der Waals surface area contributed by atoms with Gasteiger partial charge in [0, 0.05) is 26.2 Å².